The van der Waals surface area contributed by atoms with Gasteiger partial charge in [-0.3, -0.25) is 0 Å². The summed E-state index contributed by atoms with van der Waals surface area (Å²) >= 11 is 6.54. The number of benzene rings is 2. The molecule has 0 bridgehead atoms. The van der Waals surface area contributed by atoms with E-state index in [1.54, 1.807) is 0 Å². The monoisotopic (exact) mass is 544 g/mol. The molecule has 1 saturated carbocycles. The lowest BCUT2D eigenvalue weighted by Gasteiger charge is -2.29. The molecular weight excluding hydrogens is 499 g/mol. The van der Waals surface area contributed by atoms with E-state index in [0.717, 1.165) is 55.4 Å². The van der Waals surface area contributed by atoms with Gasteiger partial charge in [0.1, 0.15) is 11.9 Å². The van der Waals surface area contributed by atoms with Crippen LogP contribution in [0.1, 0.15) is 115 Å². The smallest absolute Gasteiger partial charge is 0.340 e. The average Bonchev–Trinajstić information content (AvgIpc) is 2.94. The summed E-state index contributed by atoms with van der Waals surface area (Å²) in [7, 11) is 0. The number of esters is 1. The molecule has 2 aromatic carbocycles. The number of rotatable bonds is 16. The molecule has 0 saturated heterocycles. The van der Waals surface area contributed by atoms with Crippen LogP contribution in [0.2, 0.25) is 5.02 Å². The van der Waals surface area contributed by atoms with Crippen LogP contribution in [0.25, 0.3) is 11.1 Å². The predicted molar refractivity (Wildman–Crippen MR) is 156 cm³/mol. The van der Waals surface area contributed by atoms with E-state index in [0.29, 0.717) is 24.0 Å². The van der Waals surface area contributed by atoms with E-state index in [-0.39, 0.29) is 12.5 Å². The number of carbonyl (C=O) groups excluding carboxylic acids is 1. The molecule has 1 atom stereocenters. The first-order chi connectivity index (χ1) is 18.5. The highest BCUT2D eigenvalue weighted by Crippen LogP contribution is 2.36. The zero-order valence-electron chi connectivity index (χ0n) is 23.4. The zero-order valence-corrected chi connectivity index (χ0v) is 24.1. The number of halogens is 2. The Hall–Kier alpha value is -2.07. The lowest BCUT2D eigenvalue weighted by Crippen LogP contribution is -2.28. The quantitative estimate of drug-likeness (QED) is 0.156. The molecule has 210 valence electrons. The van der Waals surface area contributed by atoms with Crippen LogP contribution in [0.5, 0.6) is 5.75 Å². The van der Waals surface area contributed by atoms with E-state index in [1.165, 1.54) is 44.1 Å². The fourth-order valence-corrected chi connectivity index (χ4v) is 5.47. The molecule has 0 aliphatic heterocycles. The molecule has 3 rings (SSSR count). The lowest BCUT2D eigenvalue weighted by molar-refractivity contribution is -0.157. The van der Waals surface area contributed by atoms with Gasteiger partial charge in [-0.1, -0.05) is 107 Å². The second kappa shape index (κ2) is 16.8. The van der Waals surface area contributed by atoms with Crippen molar-refractivity contribution >= 4 is 17.6 Å². The number of carbonyl (C=O) groups is 1. The Morgan fingerprint density at radius 3 is 2.16 bits per heavy atom. The van der Waals surface area contributed by atoms with Crippen molar-refractivity contribution in [1.29, 1.82) is 0 Å². The minimum atomic E-state index is -1.49. The van der Waals surface area contributed by atoms with Gasteiger partial charge >= 0.3 is 5.97 Å². The summed E-state index contributed by atoms with van der Waals surface area (Å²) in [6.45, 7) is 4.94. The Balaban J connectivity index is 1.43. The molecule has 38 heavy (non-hydrogen) atoms. The topological polar surface area (TPSA) is 35.5 Å². The summed E-state index contributed by atoms with van der Waals surface area (Å²) in [5, 5.41) is 0.646. The van der Waals surface area contributed by atoms with Gasteiger partial charge in [-0.2, -0.15) is 0 Å². The third-order valence-electron chi connectivity index (χ3n) is 7.68. The first-order valence-corrected chi connectivity index (χ1v) is 15.3. The standard InChI is InChI=1S/C33H46ClFO3/c1-3-5-7-8-9-10-11-23-37-32-22-19-28(24-30(32)34)27-15-13-25(14-16-27)26-17-20-29(21-18-26)38-33(36)31(35)12-6-4-2/h13-16,19,22,24,26,29,31H,3-12,17-18,20-21,23H2,1-2H3/t26-,29-,31-/m0/s1. The fraction of sp³-hybridized carbons (Fsp3) is 0.606. The zero-order chi connectivity index (χ0) is 27.2. The molecule has 0 aromatic heterocycles. The van der Waals surface area contributed by atoms with Gasteiger partial charge in [0.2, 0.25) is 0 Å². The van der Waals surface area contributed by atoms with Crippen LogP contribution in [-0.2, 0) is 9.53 Å². The van der Waals surface area contributed by atoms with Gasteiger partial charge in [0.05, 0.1) is 11.6 Å². The SMILES string of the molecule is CCCCCCCCCOc1ccc(-c2ccc([C@H]3CC[C@H](OC(=O)[C@@H](F)CCCC)CC3)cc2)cc1Cl. The van der Waals surface area contributed by atoms with Gasteiger partial charge < -0.3 is 9.47 Å². The van der Waals surface area contributed by atoms with Crippen LogP contribution < -0.4 is 4.74 Å². The molecule has 0 spiro atoms. The second-order valence-electron chi connectivity index (χ2n) is 10.8. The molecule has 0 radical (unpaired) electrons. The van der Waals surface area contributed by atoms with Crippen LogP contribution in [0.4, 0.5) is 4.39 Å². The highest BCUT2D eigenvalue weighted by Gasteiger charge is 2.27. The Bertz CT molecular complexity index is 953. The van der Waals surface area contributed by atoms with Crippen LogP contribution >= 0.6 is 11.6 Å². The van der Waals surface area contributed by atoms with Crippen molar-refractivity contribution in [3.63, 3.8) is 0 Å². The van der Waals surface area contributed by atoms with E-state index in [9.17, 15) is 9.18 Å². The van der Waals surface area contributed by atoms with E-state index in [4.69, 9.17) is 21.1 Å². The first-order valence-electron chi connectivity index (χ1n) is 14.9. The maximum Gasteiger partial charge on any atom is 0.340 e. The lowest BCUT2D eigenvalue weighted by atomic mass is 9.82. The van der Waals surface area contributed by atoms with Gasteiger partial charge in [-0.15, -0.1) is 0 Å². The highest BCUT2D eigenvalue weighted by atomic mass is 35.5. The Morgan fingerprint density at radius 2 is 1.50 bits per heavy atom. The van der Waals surface area contributed by atoms with Crippen LogP contribution in [0.15, 0.2) is 42.5 Å². The maximum absolute atomic E-state index is 13.9. The number of unbranched alkanes of at least 4 members (excludes halogenated alkanes) is 7. The van der Waals surface area contributed by atoms with E-state index < -0.39 is 12.1 Å². The summed E-state index contributed by atoms with van der Waals surface area (Å²) in [5.74, 6) is 0.505. The van der Waals surface area contributed by atoms with Crippen molar-refractivity contribution in [2.75, 3.05) is 6.61 Å². The van der Waals surface area contributed by atoms with Crippen LogP contribution in [0, 0.1) is 0 Å². The van der Waals surface area contributed by atoms with Crippen molar-refractivity contribution in [1.82, 2.24) is 0 Å². The summed E-state index contributed by atoms with van der Waals surface area (Å²) < 4.78 is 25.3. The summed E-state index contributed by atoms with van der Waals surface area (Å²) in [4.78, 5) is 12.0. The molecule has 0 N–H and O–H groups in total. The highest BCUT2D eigenvalue weighted by molar-refractivity contribution is 6.32. The molecular formula is C33H46ClFO3. The predicted octanol–water partition coefficient (Wildman–Crippen LogP) is 10.2. The first kappa shape index (κ1) is 30.5. The third kappa shape index (κ3) is 9.91. The average molecular weight is 545 g/mol. The minimum Gasteiger partial charge on any atom is -0.492 e. The van der Waals surface area contributed by atoms with Crippen LogP contribution in [-0.4, -0.2) is 24.9 Å². The van der Waals surface area contributed by atoms with E-state index >= 15 is 0 Å². The van der Waals surface area contributed by atoms with Crippen molar-refractivity contribution in [2.45, 2.75) is 122 Å². The largest absolute Gasteiger partial charge is 0.492 e. The van der Waals surface area contributed by atoms with E-state index in [2.05, 4.69) is 37.3 Å². The molecule has 0 amide bonds. The van der Waals surface area contributed by atoms with Gasteiger partial charge in [0, 0.05) is 0 Å². The Kier molecular flexibility index (Phi) is 13.5. The number of hydrogen-bond donors (Lipinski definition) is 0. The number of alkyl halides is 1. The third-order valence-corrected chi connectivity index (χ3v) is 7.97. The van der Waals surface area contributed by atoms with Crippen molar-refractivity contribution in [2.24, 2.45) is 0 Å². The van der Waals surface area contributed by atoms with Gasteiger partial charge in [-0.05, 0) is 73.3 Å². The molecule has 5 heteroatoms. The molecule has 3 nitrogen and oxygen atoms in total. The van der Waals surface area contributed by atoms with Crippen molar-refractivity contribution < 1.29 is 18.7 Å². The summed E-state index contributed by atoms with van der Waals surface area (Å²) in [6.07, 6.45) is 12.5. The molecule has 2 aromatic rings. The van der Waals surface area contributed by atoms with Gasteiger partial charge in [0.25, 0.3) is 0 Å². The molecule has 1 aliphatic carbocycles. The Morgan fingerprint density at radius 1 is 0.868 bits per heavy atom. The number of hydrogen-bond acceptors (Lipinski definition) is 3. The normalized spacial score (nSPS) is 18.2. The van der Waals surface area contributed by atoms with Gasteiger partial charge in [0.15, 0.2) is 6.17 Å². The summed E-state index contributed by atoms with van der Waals surface area (Å²) in [5.41, 5.74) is 3.49. The van der Waals surface area contributed by atoms with Crippen molar-refractivity contribution in [3.05, 3.63) is 53.1 Å². The van der Waals surface area contributed by atoms with Gasteiger partial charge in [-0.25, -0.2) is 9.18 Å². The van der Waals surface area contributed by atoms with E-state index in [1.807, 2.05) is 19.1 Å². The molecule has 0 heterocycles. The fourth-order valence-electron chi connectivity index (χ4n) is 5.24. The second-order valence-corrected chi connectivity index (χ2v) is 11.2. The Labute approximate surface area is 234 Å². The molecule has 0 unspecified atom stereocenters. The molecule has 1 aliphatic rings. The molecule has 1 fully saturated rings. The number of ether oxygens (including phenoxy) is 2. The minimum absolute atomic E-state index is 0.161. The maximum atomic E-state index is 13.9. The van der Waals surface area contributed by atoms with Crippen molar-refractivity contribution in [3.8, 4) is 16.9 Å². The van der Waals surface area contributed by atoms with Crippen LogP contribution in [0.3, 0.4) is 0 Å². The summed E-state index contributed by atoms with van der Waals surface area (Å²) in [6, 6.07) is 14.7.